The molecule has 0 spiro atoms. The zero-order valence-corrected chi connectivity index (χ0v) is 19.1. The van der Waals surface area contributed by atoms with Gasteiger partial charge in [0, 0.05) is 18.8 Å². The maximum atomic E-state index is 13.7. The van der Waals surface area contributed by atoms with Crippen molar-refractivity contribution in [3.63, 3.8) is 0 Å². The van der Waals surface area contributed by atoms with Crippen LogP contribution >= 0.6 is 0 Å². The number of likely N-dealkylation sites (tertiary alicyclic amines) is 1. The summed E-state index contributed by atoms with van der Waals surface area (Å²) in [5, 5.41) is 0. The van der Waals surface area contributed by atoms with Crippen LogP contribution in [0.15, 0.2) is 71.7 Å². The minimum atomic E-state index is -0.125. The highest BCUT2D eigenvalue weighted by molar-refractivity contribution is 5.87. The molecular weight excluding hydrogens is 426 g/mol. The fraction of sp³-hybridized carbons (Fsp3) is 0.259. The summed E-state index contributed by atoms with van der Waals surface area (Å²) in [6.07, 6.45) is 3.80. The summed E-state index contributed by atoms with van der Waals surface area (Å²) in [5.74, 6) is 7.91. The van der Waals surface area contributed by atoms with Crippen LogP contribution in [0.2, 0.25) is 0 Å². The fourth-order valence-electron chi connectivity index (χ4n) is 4.63. The molecule has 4 aromatic rings. The molecule has 0 aliphatic carbocycles. The van der Waals surface area contributed by atoms with E-state index in [1.54, 1.807) is 10.8 Å². The number of nitrogens with zero attached hydrogens (tertiary/aromatic N) is 4. The number of anilines is 1. The van der Waals surface area contributed by atoms with Crippen molar-refractivity contribution in [3.8, 4) is 29.0 Å². The summed E-state index contributed by atoms with van der Waals surface area (Å²) in [6, 6.07) is 19.2. The highest BCUT2D eigenvalue weighted by Gasteiger charge is 2.27. The average molecular weight is 454 g/mol. The van der Waals surface area contributed by atoms with E-state index in [0.29, 0.717) is 29.3 Å². The third kappa shape index (κ3) is 4.16. The lowest BCUT2D eigenvalue weighted by Crippen LogP contribution is -2.36. The summed E-state index contributed by atoms with van der Waals surface area (Å²) in [6.45, 7) is 4.17. The zero-order chi connectivity index (χ0) is 23.5. The average Bonchev–Trinajstić information content (AvgIpc) is 3.42. The summed E-state index contributed by atoms with van der Waals surface area (Å²) in [5.41, 5.74) is 8.28. The molecule has 2 aromatic heterocycles. The van der Waals surface area contributed by atoms with Crippen LogP contribution in [0.3, 0.4) is 0 Å². The van der Waals surface area contributed by atoms with Gasteiger partial charge in [-0.3, -0.25) is 14.0 Å². The topological polar surface area (TPSA) is 78.3 Å². The fourth-order valence-corrected chi connectivity index (χ4v) is 4.63. The van der Waals surface area contributed by atoms with E-state index in [4.69, 9.17) is 10.5 Å². The van der Waals surface area contributed by atoms with Gasteiger partial charge in [-0.15, -0.1) is 5.92 Å². The van der Waals surface area contributed by atoms with Gasteiger partial charge in [0.25, 0.3) is 0 Å². The summed E-state index contributed by atoms with van der Waals surface area (Å²) < 4.78 is 9.37. The van der Waals surface area contributed by atoms with Gasteiger partial charge in [-0.2, -0.15) is 0 Å². The largest absolute Gasteiger partial charge is 0.457 e. The van der Waals surface area contributed by atoms with Crippen molar-refractivity contribution in [1.82, 2.24) is 19.0 Å². The smallest absolute Gasteiger partial charge is 0.333 e. The molecule has 3 heterocycles. The molecule has 7 heteroatoms. The van der Waals surface area contributed by atoms with Crippen LogP contribution in [0.4, 0.5) is 5.82 Å². The molecule has 0 unspecified atom stereocenters. The number of ether oxygens (including phenoxy) is 1. The van der Waals surface area contributed by atoms with E-state index in [1.165, 1.54) is 0 Å². The number of aromatic nitrogens is 3. The van der Waals surface area contributed by atoms with Crippen molar-refractivity contribution in [3.05, 3.63) is 77.3 Å². The van der Waals surface area contributed by atoms with Crippen LogP contribution in [0.1, 0.15) is 19.8 Å². The lowest BCUT2D eigenvalue weighted by Gasteiger charge is -2.22. The highest BCUT2D eigenvalue weighted by atomic mass is 16.5. The lowest BCUT2D eigenvalue weighted by molar-refractivity contribution is 0.259. The van der Waals surface area contributed by atoms with Gasteiger partial charge in [0.15, 0.2) is 0 Å². The predicted molar refractivity (Wildman–Crippen MR) is 134 cm³/mol. The van der Waals surface area contributed by atoms with E-state index in [9.17, 15) is 4.79 Å². The molecule has 5 rings (SSSR count). The Labute approximate surface area is 198 Å². The third-order valence-electron chi connectivity index (χ3n) is 6.29. The number of fused-ring (bicyclic) bond motifs is 1. The molecule has 0 saturated carbocycles. The number of para-hydroxylation sites is 1. The first kappa shape index (κ1) is 21.8. The van der Waals surface area contributed by atoms with Gasteiger partial charge in [0.2, 0.25) is 0 Å². The molecule has 0 radical (unpaired) electrons. The second-order valence-corrected chi connectivity index (χ2v) is 8.39. The minimum Gasteiger partial charge on any atom is -0.457 e. The van der Waals surface area contributed by atoms with E-state index in [1.807, 2.05) is 72.2 Å². The van der Waals surface area contributed by atoms with Crippen molar-refractivity contribution < 1.29 is 4.74 Å². The molecule has 0 amide bonds. The van der Waals surface area contributed by atoms with Crippen molar-refractivity contribution in [1.29, 1.82) is 0 Å². The first-order chi connectivity index (χ1) is 16.7. The van der Waals surface area contributed by atoms with Gasteiger partial charge in [0.05, 0.1) is 17.7 Å². The summed E-state index contributed by atoms with van der Waals surface area (Å²) in [7, 11) is 0. The number of pyridine rings is 1. The monoisotopic (exact) mass is 453 g/mol. The summed E-state index contributed by atoms with van der Waals surface area (Å²) >= 11 is 0. The first-order valence-corrected chi connectivity index (χ1v) is 11.5. The van der Waals surface area contributed by atoms with Crippen LogP contribution < -0.4 is 16.2 Å². The molecular formula is C27H27N5O2. The Morgan fingerprint density at radius 2 is 1.85 bits per heavy atom. The van der Waals surface area contributed by atoms with Gasteiger partial charge in [-0.25, -0.2) is 9.78 Å². The molecule has 1 atom stereocenters. The molecule has 1 aliphatic heterocycles. The van der Waals surface area contributed by atoms with Crippen LogP contribution in [0.5, 0.6) is 11.5 Å². The Balaban J connectivity index is 1.51. The quantitative estimate of drug-likeness (QED) is 0.446. The second-order valence-electron chi connectivity index (χ2n) is 8.39. The van der Waals surface area contributed by atoms with Gasteiger partial charge in [-0.1, -0.05) is 24.1 Å². The molecule has 2 aromatic carbocycles. The number of nitrogens with two attached hydrogens (primary N) is 1. The zero-order valence-electron chi connectivity index (χ0n) is 19.1. The van der Waals surface area contributed by atoms with Crippen molar-refractivity contribution in [2.45, 2.75) is 32.4 Å². The van der Waals surface area contributed by atoms with Crippen molar-refractivity contribution >= 4 is 16.9 Å². The van der Waals surface area contributed by atoms with Crippen LogP contribution in [-0.4, -0.2) is 38.1 Å². The number of hydrogen-bond donors (Lipinski definition) is 1. The number of benzene rings is 2. The highest BCUT2D eigenvalue weighted by Crippen LogP contribution is 2.27. The molecule has 1 fully saturated rings. The maximum absolute atomic E-state index is 13.7. The molecule has 1 aliphatic rings. The van der Waals surface area contributed by atoms with Crippen LogP contribution in [0, 0.1) is 11.8 Å². The molecule has 2 N–H and O–H groups in total. The van der Waals surface area contributed by atoms with E-state index in [0.717, 1.165) is 37.2 Å². The minimum absolute atomic E-state index is 0.125. The van der Waals surface area contributed by atoms with E-state index in [-0.39, 0.29) is 11.7 Å². The first-order valence-electron chi connectivity index (χ1n) is 11.5. The summed E-state index contributed by atoms with van der Waals surface area (Å²) in [4.78, 5) is 20.3. The van der Waals surface area contributed by atoms with Crippen LogP contribution in [0.25, 0.3) is 16.7 Å². The molecule has 172 valence electrons. The number of rotatable bonds is 6. The van der Waals surface area contributed by atoms with Gasteiger partial charge in [0.1, 0.15) is 22.8 Å². The number of imidazole rings is 1. The Morgan fingerprint density at radius 1 is 1.09 bits per heavy atom. The maximum Gasteiger partial charge on any atom is 0.333 e. The van der Waals surface area contributed by atoms with Gasteiger partial charge >= 0.3 is 5.69 Å². The Morgan fingerprint density at radius 3 is 2.62 bits per heavy atom. The van der Waals surface area contributed by atoms with Crippen LogP contribution in [-0.2, 0) is 6.54 Å². The second kappa shape index (κ2) is 9.46. The molecule has 0 bridgehead atoms. The standard InChI is InChI=1S/C27H27N5O2/c1-2-3-17-30-18-7-8-21(30)19-31-24-15-16-29-26(28)25(24)32(27(31)33)20-11-13-23(14-12-20)34-22-9-5-4-6-10-22/h4-6,9-16,21H,7-8,17-19H2,1H3,(H2,28,29)/t21-/m0/s1. The SMILES string of the molecule is CC#CCN1CCC[C@H]1Cn1c(=O)n(-c2ccc(Oc3ccccc3)cc2)c2c(N)nccc21. The Kier molecular flexibility index (Phi) is 6.07. The van der Waals surface area contributed by atoms with Gasteiger partial charge < -0.3 is 10.5 Å². The van der Waals surface area contributed by atoms with Crippen molar-refractivity contribution in [2.75, 3.05) is 18.8 Å². The lowest BCUT2D eigenvalue weighted by atomic mass is 10.2. The normalized spacial score (nSPS) is 15.9. The van der Waals surface area contributed by atoms with E-state index >= 15 is 0 Å². The predicted octanol–water partition coefficient (Wildman–Crippen LogP) is 4.05. The molecule has 1 saturated heterocycles. The number of hydrogen-bond acceptors (Lipinski definition) is 5. The third-order valence-corrected chi connectivity index (χ3v) is 6.29. The number of nitrogen functional groups attached to an aromatic ring is 1. The molecule has 7 nitrogen and oxygen atoms in total. The Bertz CT molecular complexity index is 1410. The molecule has 34 heavy (non-hydrogen) atoms. The van der Waals surface area contributed by atoms with Gasteiger partial charge in [-0.05, 0) is 68.8 Å². The van der Waals surface area contributed by atoms with Crippen molar-refractivity contribution in [2.24, 2.45) is 0 Å². The Hall–Kier alpha value is -4.02. The van der Waals surface area contributed by atoms with E-state index in [2.05, 4.69) is 21.7 Å². The van der Waals surface area contributed by atoms with E-state index < -0.39 is 0 Å².